The Hall–Kier alpha value is -3.14. The first-order chi connectivity index (χ1) is 15.6. The molecule has 6 nitrogen and oxygen atoms in total. The van der Waals surface area contributed by atoms with E-state index >= 15 is 0 Å². The zero-order chi connectivity index (χ0) is 22.3. The van der Waals surface area contributed by atoms with E-state index in [1.165, 1.54) is 23.1 Å². The van der Waals surface area contributed by atoms with Crippen LogP contribution in [-0.2, 0) is 4.79 Å². The summed E-state index contributed by atoms with van der Waals surface area (Å²) < 4.78 is 5.10. The van der Waals surface area contributed by atoms with Gasteiger partial charge in [0.1, 0.15) is 5.75 Å². The van der Waals surface area contributed by atoms with Gasteiger partial charge in [-0.25, -0.2) is 4.98 Å². The molecule has 0 fully saturated rings. The second-order valence-electron chi connectivity index (χ2n) is 6.56. The number of thiophene rings is 1. The fourth-order valence-corrected chi connectivity index (χ4v) is 4.94. The van der Waals surface area contributed by atoms with Gasteiger partial charge in [0.25, 0.3) is 5.91 Å². The van der Waals surface area contributed by atoms with Crippen molar-refractivity contribution in [3.8, 4) is 16.3 Å². The Morgan fingerprint density at radius 1 is 1.00 bits per heavy atom. The molecule has 0 bridgehead atoms. The average Bonchev–Trinajstić information content (AvgIpc) is 3.51. The SMILES string of the molecule is COc1ccc(C(=O)Nc2ccc(SCC(=O)Nc3nc(-c4cccs4)cs3)cc2)cc1. The van der Waals surface area contributed by atoms with Crippen LogP contribution in [0.2, 0.25) is 0 Å². The normalized spacial score (nSPS) is 10.5. The number of amides is 2. The van der Waals surface area contributed by atoms with Crippen molar-refractivity contribution in [1.82, 2.24) is 4.98 Å². The molecule has 0 saturated heterocycles. The summed E-state index contributed by atoms with van der Waals surface area (Å²) in [6.45, 7) is 0. The Kier molecular flexibility index (Phi) is 7.21. The number of nitrogens with zero attached hydrogens (tertiary/aromatic N) is 1. The predicted octanol–water partition coefficient (Wildman–Crippen LogP) is 5.86. The maximum absolute atomic E-state index is 12.3. The molecular weight excluding hydrogens is 462 g/mol. The maximum Gasteiger partial charge on any atom is 0.255 e. The van der Waals surface area contributed by atoms with Crippen molar-refractivity contribution in [2.45, 2.75) is 4.90 Å². The minimum absolute atomic E-state index is 0.112. The number of carbonyl (C=O) groups is 2. The standard InChI is InChI=1S/C23H19N3O3S3/c1-29-17-8-4-15(5-9-17)22(28)24-16-6-10-18(11-7-16)31-14-21(27)26-23-25-19(13-32-23)20-3-2-12-30-20/h2-13H,14H2,1H3,(H,24,28)(H,25,26,27). The van der Waals surface area contributed by atoms with E-state index in [-0.39, 0.29) is 17.6 Å². The highest BCUT2D eigenvalue weighted by Crippen LogP contribution is 2.28. The van der Waals surface area contributed by atoms with Crippen LogP contribution in [0, 0.1) is 0 Å². The number of rotatable bonds is 8. The monoisotopic (exact) mass is 481 g/mol. The summed E-state index contributed by atoms with van der Waals surface area (Å²) in [7, 11) is 1.58. The van der Waals surface area contributed by atoms with Crippen molar-refractivity contribution in [2.75, 3.05) is 23.5 Å². The van der Waals surface area contributed by atoms with Crippen LogP contribution in [0.25, 0.3) is 10.6 Å². The number of nitrogens with one attached hydrogen (secondary N) is 2. The molecule has 4 aromatic rings. The minimum atomic E-state index is -0.196. The van der Waals surface area contributed by atoms with Crippen molar-refractivity contribution in [1.29, 1.82) is 0 Å². The topological polar surface area (TPSA) is 80.3 Å². The molecule has 32 heavy (non-hydrogen) atoms. The molecule has 0 radical (unpaired) electrons. The van der Waals surface area contributed by atoms with Crippen LogP contribution in [0.4, 0.5) is 10.8 Å². The van der Waals surface area contributed by atoms with Gasteiger partial charge in [0.2, 0.25) is 5.91 Å². The quantitative estimate of drug-likeness (QED) is 0.308. The summed E-state index contributed by atoms with van der Waals surface area (Å²) in [5, 5.41) is 10.2. The first kappa shape index (κ1) is 22.1. The van der Waals surface area contributed by atoms with Crippen molar-refractivity contribution in [3.05, 3.63) is 77.0 Å². The van der Waals surface area contributed by atoms with E-state index in [2.05, 4.69) is 15.6 Å². The molecule has 162 valence electrons. The minimum Gasteiger partial charge on any atom is -0.497 e. The van der Waals surface area contributed by atoms with Crippen LogP contribution in [-0.4, -0.2) is 29.7 Å². The van der Waals surface area contributed by atoms with Crippen molar-refractivity contribution in [3.63, 3.8) is 0 Å². The molecule has 0 aliphatic rings. The molecule has 0 unspecified atom stereocenters. The number of benzene rings is 2. The number of thiazole rings is 1. The molecule has 2 heterocycles. The number of thioether (sulfide) groups is 1. The summed E-state index contributed by atoms with van der Waals surface area (Å²) in [5.41, 5.74) is 2.11. The van der Waals surface area contributed by atoms with Crippen molar-refractivity contribution >= 4 is 57.1 Å². The highest BCUT2D eigenvalue weighted by molar-refractivity contribution is 8.00. The van der Waals surface area contributed by atoms with Crippen LogP contribution in [0.3, 0.4) is 0 Å². The molecule has 4 rings (SSSR count). The Bertz CT molecular complexity index is 1190. The highest BCUT2D eigenvalue weighted by Gasteiger charge is 2.10. The van der Waals surface area contributed by atoms with Crippen LogP contribution in [0.1, 0.15) is 10.4 Å². The van der Waals surface area contributed by atoms with Gasteiger partial charge in [0.05, 0.1) is 23.4 Å². The molecule has 9 heteroatoms. The zero-order valence-corrected chi connectivity index (χ0v) is 19.5. The number of carbonyl (C=O) groups excluding carboxylic acids is 2. The second kappa shape index (κ2) is 10.4. The number of ether oxygens (including phenoxy) is 1. The highest BCUT2D eigenvalue weighted by atomic mass is 32.2. The number of hydrogen-bond acceptors (Lipinski definition) is 7. The summed E-state index contributed by atoms with van der Waals surface area (Å²) in [6.07, 6.45) is 0. The molecule has 0 spiro atoms. The van der Waals surface area contributed by atoms with E-state index in [9.17, 15) is 9.59 Å². The molecule has 0 saturated carbocycles. The zero-order valence-electron chi connectivity index (χ0n) is 17.0. The molecule has 2 N–H and O–H groups in total. The van der Waals surface area contributed by atoms with Gasteiger partial charge in [0.15, 0.2) is 5.13 Å². The van der Waals surface area contributed by atoms with E-state index < -0.39 is 0 Å². The van der Waals surface area contributed by atoms with E-state index in [1.807, 2.05) is 47.2 Å². The summed E-state index contributed by atoms with van der Waals surface area (Å²) in [6, 6.07) is 18.3. The number of hydrogen-bond donors (Lipinski definition) is 2. The van der Waals surface area contributed by atoms with E-state index in [0.29, 0.717) is 22.1 Å². The molecule has 0 atom stereocenters. The summed E-state index contributed by atoms with van der Waals surface area (Å²) in [5.74, 6) is 0.660. The van der Waals surface area contributed by atoms with E-state index in [0.717, 1.165) is 15.5 Å². The molecule has 2 aromatic carbocycles. The van der Waals surface area contributed by atoms with E-state index in [1.54, 1.807) is 42.7 Å². The van der Waals surface area contributed by atoms with E-state index in [4.69, 9.17) is 4.74 Å². The summed E-state index contributed by atoms with van der Waals surface area (Å²) in [4.78, 5) is 31.1. The van der Waals surface area contributed by atoms with Crippen LogP contribution >= 0.6 is 34.4 Å². The Morgan fingerprint density at radius 2 is 1.78 bits per heavy atom. The average molecular weight is 482 g/mol. The fraction of sp³-hybridized carbons (Fsp3) is 0.0870. The number of methoxy groups -OCH3 is 1. The lowest BCUT2D eigenvalue weighted by atomic mass is 10.2. The third-order valence-corrected chi connectivity index (χ3v) is 7.02. The molecule has 2 amide bonds. The Balaban J connectivity index is 1.26. The van der Waals surface area contributed by atoms with Gasteiger partial charge in [-0.05, 0) is 60.0 Å². The fourth-order valence-electron chi connectivity index (χ4n) is 2.75. The van der Waals surface area contributed by atoms with Gasteiger partial charge < -0.3 is 15.4 Å². The first-order valence-corrected chi connectivity index (χ1v) is 12.3. The smallest absolute Gasteiger partial charge is 0.255 e. The molecular formula is C23H19N3O3S3. The summed E-state index contributed by atoms with van der Waals surface area (Å²) >= 11 is 4.45. The van der Waals surface area contributed by atoms with Crippen molar-refractivity contribution in [2.24, 2.45) is 0 Å². The lowest BCUT2D eigenvalue weighted by Crippen LogP contribution is -2.13. The van der Waals surface area contributed by atoms with Crippen molar-refractivity contribution < 1.29 is 14.3 Å². The van der Waals surface area contributed by atoms with Gasteiger partial charge in [-0.3, -0.25) is 9.59 Å². The molecule has 0 aliphatic carbocycles. The van der Waals surface area contributed by atoms with Gasteiger partial charge in [-0.1, -0.05) is 6.07 Å². The van der Waals surface area contributed by atoms with Gasteiger partial charge >= 0.3 is 0 Å². The van der Waals surface area contributed by atoms with Gasteiger partial charge in [0, 0.05) is 21.5 Å². The van der Waals surface area contributed by atoms with Crippen LogP contribution in [0.15, 0.2) is 76.3 Å². The number of aromatic nitrogens is 1. The lowest BCUT2D eigenvalue weighted by molar-refractivity contribution is -0.113. The van der Waals surface area contributed by atoms with Gasteiger partial charge in [-0.15, -0.1) is 34.4 Å². The van der Waals surface area contributed by atoms with Crippen LogP contribution < -0.4 is 15.4 Å². The van der Waals surface area contributed by atoms with Gasteiger partial charge in [-0.2, -0.15) is 0 Å². The Morgan fingerprint density at radius 3 is 2.47 bits per heavy atom. The second-order valence-corrected chi connectivity index (χ2v) is 9.41. The largest absolute Gasteiger partial charge is 0.497 e. The van der Waals surface area contributed by atoms with Crippen LogP contribution in [0.5, 0.6) is 5.75 Å². The number of anilines is 2. The molecule has 0 aliphatic heterocycles. The third-order valence-electron chi connectivity index (χ3n) is 4.36. The maximum atomic E-state index is 12.3. The Labute approximate surface area is 197 Å². The molecule has 2 aromatic heterocycles. The first-order valence-electron chi connectivity index (χ1n) is 9.58. The lowest BCUT2D eigenvalue weighted by Gasteiger charge is -2.07. The predicted molar refractivity (Wildman–Crippen MR) is 132 cm³/mol. The third kappa shape index (κ3) is 5.76.